The summed E-state index contributed by atoms with van der Waals surface area (Å²) in [6.07, 6.45) is 8.81. The van der Waals surface area contributed by atoms with Crippen molar-refractivity contribution in [2.24, 2.45) is 0 Å². The van der Waals surface area contributed by atoms with Crippen molar-refractivity contribution < 1.29 is 4.79 Å². The van der Waals surface area contributed by atoms with Crippen molar-refractivity contribution in [1.82, 2.24) is 14.9 Å². The number of para-hydroxylation sites is 2. The van der Waals surface area contributed by atoms with Gasteiger partial charge in [0.05, 0.1) is 11.0 Å². The van der Waals surface area contributed by atoms with Crippen LogP contribution in [0, 0.1) is 0 Å². The SMILES string of the molecule is CCCCC(=O)N[C@H]1CCN(c2nc3ccccc3n2C2CCCC2)C1. The average molecular weight is 354 g/mol. The van der Waals surface area contributed by atoms with Crippen LogP contribution in [0.2, 0.25) is 0 Å². The van der Waals surface area contributed by atoms with Crippen LogP contribution in [0.1, 0.15) is 64.3 Å². The van der Waals surface area contributed by atoms with Crippen LogP contribution >= 0.6 is 0 Å². The van der Waals surface area contributed by atoms with Crippen LogP contribution < -0.4 is 10.2 Å². The Morgan fingerprint density at radius 2 is 2.04 bits per heavy atom. The molecule has 4 rings (SSSR count). The fourth-order valence-corrected chi connectivity index (χ4v) is 4.47. The zero-order valence-electron chi connectivity index (χ0n) is 15.8. The Labute approximate surface area is 155 Å². The fraction of sp³-hybridized carbons (Fsp3) is 0.619. The van der Waals surface area contributed by atoms with E-state index in [2.05, 4.69) is 46.0 Å². The summed E-state index contributed by atoms with van der Waals surface area (Å²) in [5, 5.41) is 3.22. The first-order chi connectivity index (χ1) is 12.8. The quantitative estimate of drug-likeness (QED) is 0.852. The summed E-state index contributed by atoms with van der Waals surface area (Å²) in [5.41, 5.74) is 2.34. The van der Waals surface area contributed by atoms with Gasteiger partial charge in [-0.25, -0.2) is 4.98 Å². The van der Waals surface area contributed by atoms with Gasteiger partial charge in [-0.2, -0.15) is 0 Å². The number of unbranched alkanes of at least 4 members (excludes halogenated alkanes) is 1. The first kappa shape index (κ1) is 17.4. The molecule has 2 aromatic rings. The summed E-state index contributed by atoms with van der Waals surface area (Å²) in [7, 11) is 0. The monoisotopic (exact) mass is 354 g/mol. The van der Waals surface area contributed by atoms with Gasteiger partial charge in [0.15, 0.2) is 0 Å². The van der Waals surface area contributed by atoms with Crippen molar-refractivity contribution in [3.8, 4) is 0 Å². The molecule has 1 aliphatic carbocycles. The summed E-state index contributed by atoms with van der Waals surface area (Å²) >= 11 is 0. The Morgan fingerprint density at radius 1 is 1.23 bits per heavy atom. The predicted molar refractivity (Wildman–Crippen MR) is 106 cm³/mol. The minimum atomic E-state index is 0.197. The molecule has 140 valence electrons. The van der Waals surface area contributed by atoms with E-state index < -0.39 is 0 Å². The second-order valence-electron chi connectivity index (χ2n) is 7.81. The van der Waals surface area contributed by atoms with Crippen molar-refractivity contribution >= 4 is 22.9 Å². The minimum Gasteiger partial charge on any atom is -0.352 e. The topological polar surface area (TPSA) is 50.2 Å². The average Bonchev–Trinajstić information content (AvgIpc) is 3.38. The lowest BCUT2D eigenvalue weighted by Crippen LogP contribution is -2.37. The third kappa shape index (κ3) is 3.44. The third-order valence-corrected chi connectivity index (χ3v) is 5.86. The highest BCUT2D eigenvalue weighted by molar-refractivity contribution is 5.79. The van der Waals surface area contributed by atoms with Crippen LogP contribution in [0.4, 0.5) is 5.95 Å². The van der Waals surface area contributed by atoms with Gasteiger partial charge in [-0.3, -0.25) is 4.79 Å². The number of nitrogens with one attached hydrogen (secondary N) is 1. The number of aromatic nitrogens is 2. The highest BCUT2D eigenvalue weighted by atomic mass is 16.1. The zero-order valence-corrected chi connectivity index (χ0v) is 15.8. The van der Waals surface area contributed by atoms with Crippen LogP contribution in [-0.2, 0) is 4.79 Å². The van der Waals surface area contributed by atoms with Crippen molar-refractivity contribution in [1.29, 1.82) is 0 Å². The number of hydrogen-bond donors (Lipinski definition) is 1. The van der Waals surface area contributed by atoms with Crippen LogP contribution in [-0.4, -0.2) is 34.6 Å². The molecule has 1 saturated heterocycles. The standard InChI is InChI=1S/C21H30N4O/c1-2-3-12-20(26)22-16-13-14-24(15-16)21-23-18-10-6-7-11-19(18)25(21)17-8-4-5-9-17/h6-7,10-11,16-17H,2-5,8-9,12-15H2,1H3,(H,22,26)/t16-/m0/s1. The molecule has 1 aliphatic heterocycles. The van der Waals surface area contributed by atoms with Crippen molar-refractivity contribution in [3.05, 3.63) is 24.3 Å². The summed E-state index contributed by atoms with van der Waals surface area (Å²) in [5.74, 6) is 1.30. The lowest BCUT2D eigenvalue weighted by Gasteiger charge is -2.23. The molecule has 1 atom stereocenters. The number of nitrogens with zero attached hydrogens (tertiary/aromatic N) is 3. The second kappa shape index (κ2) is 7.68. The molecule has 0 bridgehead atoms. The lowest BCUT2D eigenvalue weighted by molar-refractivity contribution is -0.121. The largest absolute Gasteiger partial charge is 0.352 e. The van der Waals surface area contributed by atoms with Gasteiger partial charge in [0, 0.05) is 31.6 Å². The van der Waals surface area contributed by atoms with Gasteiger partial charge in [0.25, 0.3) is 0 Å². The number of anilines is 1. The normalized spacial score (nSPS) is 21.0. The Hall–Kier alpha value is -2.04. The second-order valence-corrected chi connectivity index (χ2v) is 7.81. The number of carbonyl (C=O) groups is 1. The van der Waals surface area contributed by atoms with Crippen LogP contribution in [0.5, 0.6) is 0 Å². The van der Waals surface area contributed by atoms with Gasteiger partial charge >= 0.3 is 0 Å². The van der Waals surface area contributed by atoms with Gasteiger partial charge in [-0.05, 0) is 37.8 Å². The molecule has 1 aromatic carbocycles. The molecule has 0 unspecified atom stereocenters. The molecule has 2 aliphatic rings. The van der Waals surface area contributed by atoms with Gasteiger partial charge in [-0.1, -0.05) is 38.3 Å². The molecule has 0 radical (unpaired) electrons. The summed E-state index contributed by atoms with van der Waals surface area (Å²) in [4.78, 5) is 19.4. The van der Waals surface area contributed by atoms with E-state index in [1.807, 2.05) is 0 Å². The Bertz CT molecular complexity index is 762. The first-order valence-corrected chi connectivity index (χ1v) is 10.3. The Morgan fingerprint density at radius 3 is 2.85 bits per heavy atom. The molecule has 1 N–H and O–H groups in total. The number of fused-ring (bicyclic) bond motifs is 1. The van der Waals surface area contributed by atoms with E-state index in [1.165, 1.54) is 31.2 Å². The maximum absolute atomic E-state index is 12.1. The first-order valence-electron chi connectivity index (χ1n) is 10.3. The number of benzene rings is 1. The molecule has 1 saturated carbocycles. The molecule has 5 nitrogen and oxygen atoms in total. The van der Waals surface area contributed by atoms with E-state index in [-0.39, 0.29) is 11.9 Å². The number of carbonyl (C=O) groups excluding carboxylic acids is 1. The molecule has 2 fully saturated rings. The third-order valence-electron chi connectivity index (χ3n) is 5.86. The molecule has 2 heterocycles. The summed E-state index contributed by atoms with van der Waals surface area (Å²) < 4.78 is 2.48. The molecule has 5 heteroatoms. The zero-order chi connectivity index (χ0) is 17.9. The number of imidazole rings is 1. The fourth-order valence-electron chi connectivity index (χ4n) is 4.47. The van der Waals surface area contributed by atoms with E-state index in [0.29, 0.717) is 12.5 Å². The van der Waals surface area contributed by atoms with Gasteiger partial charge in [0.2, 0.25) is 11.9 Å². The molecule has 26 heavy (non-hydrogen) atoms. The Kier molecular flexibility index (Phi) is 5.14. The van der Waals surface area contributed by atoms with Gasteiger partial charge < -0.3 is 14.8 Å². The molecular weight excluding hydrogens is 324 g/mol. The van der Waals surface area contributed by atoms with Crippen molar-refractivity contribution in [3.63, 3.8) is 0 Å². The van der Waals surface area contributed by atoms with E-state index in [9.17, 15) is 4.79 Å². The minimum absolute atomic E-state index is 0.197. The van der Waals surface area contributed by atoms with E-state index >= 15 is 0 Å². The summed E-state index contributed by atoms with van der Waals surface area (Å²) in [6.45, 7) is 3.96. The van der Waals surface area contributed by atoms with Crippen LogP contribution in [0.3, 0.4) is 0 Å². The molecular formula is C21H30N4O. The maximum Gasteiger partial charge on any atom is 0.220 e. The number of hydrogen-bond acceptors (Lipinski definition) is 3. The van der Waals surface area contributed by atoms with Gasteiger partial charge in [-0.15, -0.1) is 0 Å². The summed E-state index contributed by atoms with van der Waals surface area (Å²) in [6, 6.07) is 9.31. The van der Waals surface area contributed by atoms with Gasteiger partial charge in [0.1, 0.15) is 0 Å². The van der Waals surface area contributed by atoms with Crippen LogP contribution in [0.25, 0.3) is 11.0 Å². The molecule has 1 amide bonds. The highest BCUT2D eigenvalue weighted by Crippen LogP contribution is 2.37. The number of amides is 1. The molecule has 1 aromatic heterocycles. The van der Waals surface area contributed by atoms with E-state index in [0.717, 1.165) is 43.8 Å². The van der Waals surface area contributed by atoms with E-state index in [1.54, 1.807) is 0 Å². The lowest BCUT2D eigenvalue weighted by atomic mass is 10.2. The number of rotatable bonds is 6. The van der Waals surface area contributed by atoms with Crippen LogP contribution in [0.15, 0.2) is 24.3 Å². The Balaban J connectivity index is 1.53. The molecule has 0 spiro atoms. The predicted octanol–water partition coefficient (Wildman–Crippen LogP) is 4.04. The maximum atomic E-state index is 12.1. The smallest absolute Gasteiger partial charge is 0.220 e. The van der Waals surface area contributed by atoms with E-state index in [4.69, 9.17) is 4.98 Å². The van der Waals surface area contributed by atoms with Crippen molar-refractivity contribution in [2.75, 3.05) is 18.0 Å². The highest BCUT2D eigenvalue weighted by Gasteiger charge is 2.30. The van der Waals surface area contributed by atoms with Crippen molar-refractivity contribution in [2.45, 2.75) is 70.4 Å².